The number of fused-ring (bicyclic) bond motifs is 1. The van der Waals surface area contributed by atoms with Crippen molar-refractivity contribution in [1.82, 2.24) is 19.7 Å². The molecule has 0 atom stereocenters. The molecule has 6 heteroatoms. The Labute approximate surface area is 145 Å². The zero-order chi connectivity index (χ0) is 16.2. The van der Waals surface area contributed by atoms with Gasteiger partial charge in [0, 0.05) is 5.75 Å². The van der Waals surface area contributed by atoms with Crippen molar-refractivity contribution in [1.29, 1.82) is 0 Å². The molecule has 2 heterocycles. The normalized spacial score (nSPS) is 11.5. The highest BCUT2D eigenvalue weighted by Crippen LogP contribution is 2.28. The Morgan fingerprint density at radius 3 is 2.61 bits per heavy atom. The monoisotopic (exact) mass is 344 g/mol. The van der Waals surface area contributed by atoms with Crippen molar-refractivity contribution in [2.24, 2.45) is 5.92 Å². The van der Waals surface area contributed by atoms with Crippen molar-refractivity contribution in [2.75, 3.05) is 12.0 Å². The van der Waals surface area contributed by atoms with Crippen LogP contribution >= 0.6 is 23.5 Å². The van der Waals surface area contributed by atoms with Gasteiger partial charge in [-0.3, -0.25) is 0 Å². The molecule has 2 aromatic heterocycles. The molecule has 0 spiro atoms. The Balaban J connectivity index is 1.99. The summed E-state index contributed by atoms with van der Waals surface area (Å²) in [5.41, 5.74) is 2.14. The van der Waals surface area contributed by atoms with Crippen LogP contribution in [-0.4, -0.2) is 31.8 Å². The van der Waals surface area contributed by atoms with Crippen LogP contribution in [0.3, 0.4) is 0 Å². The van der Waals surface area contributed by atoms with E-state index in [1.165, 1.54) is 5.56 Å². The molecule has 3 aromatic rings. The van der Waals surface area contributed by atoms with E-state index < -0.39 is 0 Å². The first-order valence-electron chi connectivity index (χ1n) is 7.61. The molecule has 0 N–H and O–H groups in total. The lowest BCUT2D eigenvalue weighted by Crippen LogP contribution is -2.03. The Kier molecular flexibility index (Phi) is 5.23. The van der Waals surface area contributed by atoms with E-state index in [9.17, 15) is 0 Å². The highest BCUT2D eigenvalue weighted by molar-refractivity contribution is 7.99. The van der Waals surface area contributed by atoms with Crippen molar-refractivity contribution < 1.29 is 0 Å². The van der Waals surface area contributed by atoms with Crippen LogP contribution in [0.2, 0.25) is 0 Å². The first-order chi connectivity index (χ1) is 11.2. The van der Waals surface area contributed by atoms with E-state index in [1.807, 2.05) is 35.3 Å². The van der Waals surface area contributed by atoms with E-state index in [-0.39, 0.29) is 0 Å². The van der Waals surface area contributed by atoms with Gasteiger partial charge in [0.25, 0.3) is 0 Å². The average molecular weight is 345 g/mol. The van der Waals surface area contributed by atoms with Crippen molar-refractivity contribution in [2.45, 2.75) is 30.6 Å². The van der Waals surface area contributed by atoms with E-state index in [0.29, 0.717) is 5.92 Å². The summed E-state index contributed by atoms with van der Waals surface area (Å²) < 4.78 is 1.96. The van der Waals surface area contributed by atoms with Crippen LogP contribution in [0.4, 0.5) is 0 Å². The molecule has 0 saturated heterocycles. The van der Waals surface area contributed by atoms with E-state index in [0.717, 1.165) is 33.5 Å². The summed E-state index contributed by atoms with van der Waals surface area (Å²) in [6.45, 7) is 5.17. The summed E-state index contributed by atoms with van der Waals surface area (Å²) in [7, 11) is 0. The smallest absolute Gasteiger partial charge is 0.190 e. The molecule has 0 fully saturated rings. The fourth-order valence-electron chi connectivity index (χ4n) is 2.23. The summed E-state index contributed by atoms with van der Waals surface area (Å²) in [6.07, 6.45) is 3.90. The van der Waals surface area contributed by atoms with Gasteiger partial charge in [-0.25, -0.2) is 14.6 Å². The molecule has 0 unspecified atom stereocenters. The second kappa shape index (κ2) is 7.36. The standard InChI is InChI=1S/C17H20N4S2/c1-12(2)11-23-16-14-9-18-21(10-13-7-5-4-6-8-13)15(14)19-17(20-16)22-3/h4-9,12H,10-11H2,1-3H3. The second-order valence-electron chi connectivity index (χ2n) is 5.75. The van der Waals surface area contributed by atoms with Gasteiger partial charge in [-0.2, -0.15) is 5.10 Å². The average Bonchev–Trinajstić information content (AvgIpc) is 2.96. The highest BCUT2D eigenvalue weighted by atomic mass is 32.2. The van der Waals surface area contributed by atoms with Crippen molar-refractivity contribution in [3.05, 3.63) is 42.1 Å². The van der Waals surface area contributed by atoms with Crippen molar-refractivity contribution in [3.63, 3.8) is 0 Å². The number of thioether (sulfide) groups is 2. The number of nitrogens with zero attached hydrogens (tertiary/aromatic N) is 4. The predicted octanol–water partition coefficient (Wildman–Crippen LogP) is 4.34. The molecular weight excluding hydrogens is 324 g/mol. The fraction of sp³-hybridized carbons (Fsp3) is 0.353. The minimum Gasteiger partial charge on any atom is -0.243 e. The van der Waals surface area contributed by atoms with Crippen molar-refractivity contribution >= 4 is 34.6 Å². The van der Waals surface area contributed by atoms with E-state index in [1.54, 1.807) is 23.5 Å². The van der Waals surface area contributed by atoms with Crippen LogP contribution in [0.15, 0.2) is 46.7 Å². The van der Waals surface area contributed by atoms with Gasteiger partial charge in [-0.1, -0.05) is 55.9 Å². The number of hydrogen-bond acceptors (Lipinski definition) is 5. The lowest BCUT2D eigenvalue weighted by atomic mass is 10.2. The summed E-state index contributed by atoms with van der Waals surface area (Å²) in [4.78, 5) is 9.35. The zero-order valence-corrected chi connectivity index (χ0v) is 15.2. The third kappa shape index (κ3) is 3.87. The second-order valence-corrected chi connectivity index (χ2v) is 7.53. The number of aromatic nitrogens is 4. The minimum atomic E-state index is 0.627. The van der Waals surface area contributed by atoms with Crippen LogP contribution in [-0.2, 0) is 6.54 Å². The topological polar surface area (TPSA) is 43.6 Å². The number of benzene rings is 1. The maximum atomic E-state index is 4.68. The molecule has 0 aliphatic rings. The SMILES string of the molecule is CSc1nc(SCC(C)C)c2cnn(Cc3ccccc3)c2n1. The minimum absolute atomic E-state index is 0.627. The highest BCUT2D eigenvalue weighted by Gasteiger charge is 2.14. The third-order valence-electron chi connectivity index (χ3n) is 3.35. The van der Waals surface area contributed by atoms with E-state index in [4.69, 9.17) is 0 Å². The van der Waals surface area contributed by atoms with Crippen molar-refractivity contribution in [3.8, 4) is 0 Å². The molecule has 0 amide bonds. The first kappa shape index (κ1) is 16.3. The van der Waals surface area contributed by atoms with Gasteiger partial charge in [-0.15, -0.1) is 11.8 Å². The maximum Gasteiger partial charge on any atom is 0.190 e. The molecule has 0 bridgehead atoms. The molecule has 4 nitrogen and oxygen atoms in total. The summed E-state index contributed by atoms with van der Waals surface area (Å²) >= 11 is 3.36. The van der Waals surface area contributed by atoms with Crippen LogP contribution in [0.25, 0.3) is 11.0 Å². The molecule has 120 valence electrons. The zero-order valence-electron chi connectivity index (χ0n) is 13.6. The van der Waals surface area contributed by atoms with Gasteiger partial charge in [0.1, 0.15) is 5.03 Å². The fourth-order valence-corrected chi connectivity index (χ4v) is 3.59. The third-order valence-corrected chi connectivity index (χ3v) is 5.32. The van der Waals surface area contributed by atoms with Gasteiger partial charge in [0.15, 0.2) is 10.8 Å². The first-order valence-corrected chi connectivity index (χ1v) is 9.82. The maximum absolute atomic E-state index is 4.68. The molecule has 23 heavy (non-hydrogen) atoms. The van der Waals surface area contributed by atoms with Gasteiger partial charge in [0.05, 0.1) is 18.1 Å². The molecule has 0 radical (unpaired) electrons. The van der Waals surface area contributed by atoms with Crippen LogP contribution in [0.1, 0.15) is 19.4 Å². The molecule has 0 aliphatic carbocycles. The lowest BCUT2D eigenvalue weighted by Gasteiger charge is -2.08. The quantitative estimate of drug-likeness (QED) is 0.378. The van der Waals surface area contributed by atoms with E-state index >= 15 is 0 Å². The van der Waals surface area contributed by atoms with Crippen LogP contribution in [0.5, 0.6) is 0 Å². The number of hydrogen-bond donors (Lipinski definition) is 0. The Morgan fingerprint density at radius 1 is 1.13 bits per heavy atom. The number of rotatable bonds is 6. The lowest BCUT2D eigenvalue weighted by molar-refractivity contribution is 0.698. The summed E-state index contributed by atoms with van der Waals surface area (Å²) in [6, 6.07) is 10.3. The van der Waals surface area contributed by atoms with Gasteiger partial charge >= 0.3 is 0 Å². The Bertz CT molecular complexity index is 784. The van der Waals surface area contributed by atoms with E-state index in [2.05, 4.69) is 41.0 Å². The molecule has 1 aromatic carbocycles. The summed E-state index contributed by atoms with van der Waals surface area (Å²) in [5.74, 6) is 1.67. The summed E-state index contributed by atoms with van der Waals surface area (Å²) in [5, 5.41) is 7.43. The Morgan fingerprint density at radius 2 is 1.91 bits per heavy atom. The molecule has 0 saturated carbocycles. The van der Waals surface area contributed by atoms with Gasteiger partial charge in [-0.05, 0) is 17.7 Å². The van der Waals surface area contributed by atoms with Crippen LogP contribution < -0.4 is 0 Å². The molecule has 0 aliphatic heterocycles. The van der Waals surface area contributed by atoms with Gasteiger partial charge in [0.2, 0.25) is 0 Å². The largest absolute Gasteiger partial charge is 0.243 e. The molecule has 3 rings (SSSR count). The van der Waals surface area contributed by atoms with Crippen LogP contribution in [0, 0.1) is 5.92 Å². The molecular formula is C17H20N4S2. The Hall–Kier alpha value is -1.53. The predicted molar refractivity (Wildman–Crippen MR) is 98.2 cm³/mol. The van der Waals surface area contributed by atoms with Gasteiger partial charge < -0.3 is 0 Å².